The summed E-state index contributed by atoms with van der Waals surface area (Å²) in [5.74, 6) is -0.894. The summed E-state index contributed by atoms with van der Waals surface area (Å²) in [5.41, 5.74) is 2.66. The number of hydrogen-bond donors (Lipinski definition) is 1. The van der Waals surface area contributed by atoms with Crippen molar-refractivity contribution in [3.63, 3.8) is 0 Å². The number of rotatable bonds is 2. The fraction of sp³-hybridized carbons (Fsp3) is 0.385. The Morgan fingerprint density at radius 3 is 2.76 bits per heavy atom. The Balaban J connectivity index is 2.40. The molecule has 0 aliphatic heterocycles. The SMILES string of the molecule is Cc1cccc2nc(C3(C)CC3)c(C(=O)O)n12. The van der Waals surface area contributed by atoms with Crippen LogP contribution in [0.1, 0.15) is 41.6 Å². The molecule has 0 spiro atoms. The van der Waals surface area contributed by atoms with E-state index in [0.29, 0.717) is 5.69 Å². The van der Waals surface area contributed by atoms with Gasteiger partial charge in [0.2, 0.25) is 0 Å². The number of pyridine rings is 1. The second-order valence-corrected chi connectivity index (χ2v) is 5.04. The van der Waals surface area contributed by atoms with Gasteiger partial charge in [0, 0.05) is 11.1 Å². The van der Waals surface area contributed by atoms with Crippen LogP contribution in [0.15, 0.2) is 18.2 Å². The van der Waals surface area contributed by atoms with Crippen molar-refractivity contribution in [2.45, 2.75) is 32.1 Å². The van der Waals surface area contributed by atoms with Gasteiger partial charge in [0.05, 0.1) is 5.69 Å². The molecule has 1 N–H and O–H groups in total. The Morgan fingerprint density at radius 1 is 1.47 bits per heavy atom. The molecule has 1 aliphatic carbocycles. The molecule has 0 atom stereocenters. The third-order valence-corrected chi connectivity index (χ3v) is 3.61. The average Bonchev–Trinajstić information content (AvgIpc) is 2.89. The third kappa shape index (κ3) is 1.37. The highest BCUT2D eigenvalue weighted by Gasteiger charge is 2.44. The largest absolute Gasteiger partial charge is 0.477 e. The number of hydrogen-bond acceptors (Lipinski definition) is 2. The van der Waals surface area contributed by atoms with Gasteiger partial charge in [-0.25, -0.2) is 9.78 Å². The second kappa shape index (κ2) is 3.09. The number of aryl methyl sites for hydroxylation is 1. The molecule has 2 heterocycles. The summed E-state index contributed by atoms with van der Waals surface area (Å²) in [6, 6.07) is 5.66. The Bertz CT molecular complexity index is 624. The molecule has 3 rings (SSSR count). The van der Waals surface area contributed by atoms with E-state index in [2.05, 4.69) is 11.9 Å². The zero-order valence-corrected chi connectivity index (χ0v) is 9.90. The van der Waals surface area contributed by atoms with E-state index in [9.17, 15) is 9.90 Å². The predicted octanol–water partition coefficient (Wildman–Crippen LogP) is 2.39. The first-order chi connectivity index (χ1) is 8.03. The maximum atomic E-state index is 11.5. The molecule has 2 aromatic heterocycles. The lowest BCUT2D eigenvalue weighted by molar-refractivity contribution is 0.0687. The number of imidazole rings is 1. The van der Waals surface area contributed by atoms with Crippen molar-refractivity contribution in [1.29, 1.82) is 0 Å². The maximum absolute atomic E-state index is 11.5. The fourth-order valence-electron chi connectivity index (χ4n) is 2.30. The van der Waals surface area contributed by atoms with Crippen LogP contribution in [0.4, 0.5) is 0 Å². The van der Waals surface area contributed by atoms with Crippen LogP contribution in [-0.2, 0) is 5.41 Å². The highest BCUT2D eigenvalue weighted by molar-refractivity contribution is 5.89. The summed E-state index contributed by atoms with van der Waals surface area (Å²) in [5, 5.41) is 9.41. The van der Waals surface area contributed by atoms with Gasteiger partial charge in [0.1, 0.15) is 5.65 Å². The lowest BCUT2D eigenvalue weighted by atomic mass is 10.0. The summed E-state index contributed by atoms with van der Waals surface area (Å²) in [4.78, 5) is 16.0. The number of carboxylic acids is 1. The van der Waals surface area contributed by atoms with Crippen LogP contribution < -0.4 is 0 Å². The van der Waals surface area contributed by atoms with Gasteiger partial charge in [-0.1, -0.05) is 13.0 Å². The molecular weight excluding hydrogens is 216 g/mol. The van der Waals surface area contributed by atoms with E-state index in [-0.39, 0.29) is 5.41 Å². The molecule has 0 amide bonds. The summed E-state index contributed by atoms with van der Waals surface area (Å²) < 4.78 is 1.74. The Labute approximate surface area is 98.9 Å². The van der Waals surface area contributed by atoms with Crippen molar-refractivity contribution in [3.8, 4) is 0 Å². The molecule has 2 aromatic rings. The number of aromatic carboxylic acids is 1. The standard InChI is InChI=1S/C13H14N2O2/c1-8-4-3-5-9-14-11(13(2)6-7-13)10(12(16)17)15(8)9/h3-5H,6-7H2,1-2H3,(H,16,17). The van der Waals surface area contributed by atoms with E-state index < -0.39 is 5.97 Å². The molecule has 88 valence electrons. The summed E-state index contributed by atoms with van der Waals surface area (Å²) in [7, 11) is 0. The van der Waals surface area contributed by atoms with Crippen molar-refractivity contribution < 1.29 is 9.90 Å². The van der Waals surface area contributed by atoms with Gasteiger partial charge in [0.25, 0.3) is 0 Å². The van der Waals surface area contributed by atoms with E-state index >= 15 is 0 Å². The Morgan fingerprint density at radius 2 is 2.18 bits per heavy atom. The minimum Gasteiger partial charge on any atom is -0.477 e. The van der Waals surface area contributed by atoms with Crippen LogP contribution in [0.5, 0.6) is 0 Å². The van der Waals surface area contributed by atoms with Crippen molar-refractivity contribution in [2.24, 2.45) is 0 Å². The maximum Gasteiger partial charge on any atom is 0.354 e. The highest BCUT2D eigenvalue weighted by atomic mass is 16.4. The second-order valence-electron chi connectivity index (χ2n) is 5.04. The summed E-state index contributed by atoms with van der Waals surface area (Å²) in [6.07, 6.45) is 2.05. The first-order valence-corrected chi connectivity index (χ1v) is 5.75. The van der Waals surface area contributed by atoms with E-state index in [0.717, 1.165) is 29.9 Å². The van der Waals surface area contributed by atoms with Crippen LogP contribution in [0.25, 0.3) is 5.65 Å². The molecule has 0 unspecified atom stereocenters. The van der Waals surface area contributed by atoms with Crippen LogP contribution in [-0.4, -0.2) is 20.5 Å². The third-order valence-electron chi connectivity index (χ3n) is 3.61. The molecule has 0 bridgehead atoms. The van der Waals surface area contributed by atoms with Crippen molar-refractivity contribution >= 4 is 11.6 Å². The lowest BCUT2D eigenvalue weighted by Crippen LogP contribution is -2.12. The van der Waals surface area contributed by atoms with Gasteiger partial charge >= 0.3 is 5.97 Å². The van der Waals surface area contributed by atoms with Crippen LogP contribution in [0.3, 0.4) is 0 Å². The van der Waals surface area contributed by atoms with Gasteiger partial charge in [-0.15, -0.1) is 0 Å². The molecular formula is C13H14N2O2. The summed E-state index contributed by atoms with van der Waals surface area (Å²) in [6.45, 7) is 3.98. The quantitative estimate of drug-likeness (QED) is 0.861. The van der Waals surface area contributed by atoms with E-state index in [1.165, 1.54) is 0 Å². The first kappa shape index (κ1) is 10.3. The highest BCUT2D eigenvalue weighted by Crippen LogP contribution is 2.48. The first-order valence-electron chi connectivity index (χ1n) is 5.75. The van der Waals surface area contributed by atoms with Crippen LogP contribution >= 0.6 is 0 Å². The van der Waals surface area contributed by atoms with Gasteiger partial charge in [-0.3, -0.25) is 4.40 Å². The van der Waals surface area contributed by atoms with E-state index in [1.807, 2.05) is 25.1 Å². The molecule has 0 radical (unpaired) electrons. The Hall–Kier alpha value is -1.84. The summed E-state index contributed by atoms with van der Waals surface area (Å²) >= 11 is 0. The van der Waals surface area contributed by atoms with Crippen molar-refractivity contribution in [1.82, 2.24) is 9.38 Å². The van der Waals surface area contributed by atoms with E-state index in [1.54, 1.807) is 4.40 Å². The van der Waals surface area contributed by atoms with Crippen LogP contribution in [0.2, 0.25) is 0 Å². The minimum atomic E-state index is -0.894. The fourth-order valence-corrected chi connectivity index (χ4v) is 2.30. The number of aromatic nitrogens is 2. The molecule has 1 aliphatic rings. The molecule has 0 saturated heterocycles. The number of carbonyl (C=O) groups is 1. The van der Waals surface area contributed by atoms with Crippen molar-refractivity contribution in [3.05, 3.63) is 35.3 Å². The smallest absolute Gasteiger partial charge is 0.354 e. The topological polar surface area (TPSA) is 54.6 Å². The number of fused-ring (bicyclic) bond motifs is 1. The predicted molar refractivity (Wildman–Crippen MR) is 63.5 cm³/mol. The number of nitrogens with zero attached hydrogens (tertiary/aromatic N) is 2. The van der Waals surface area contributed by atoms with Gasteiger partial charge < -0.3 is 5.11 Å². The van der Waals surface area contributed by atoms with E-state index in [4.69, 9.17) is 0 Å². The molecule has 1 fully saturated rings. The average molecular weight is 230 g/mol. The monoisotopic (exact) mass is 230 g/mol. The lowest BCUT2D eigenvalue weighted by Gasteiger charge is -2.06. The van der Waals surface area contributed by atoms with Crippen LogP contribution in [0, 0.1) is 6.92 Å². The normalized spacial score (nSPS) is 17.3. The molecule has 17 heavy (non-hydrogen) atoms. The number of carboxylic acid groups (broad SMARTS) is 1. The Kier molecular flexibility index (Phi) is 1.88. The molecule has 4 nitrogen and oxygen atoms in total. The zero-order valence-electron chi connectivity index (χ0n) is 9.90. The zero-order chi connectivity index (χ0) is 12.2. The minimum absolute atomic E-state index is 0.0355. The van der Waals surface area contributed by atoms with Gasteiger partial charge in [0.15, 0.2) is 5.69 Å². The van der Waals surface area contributed by atoms with Gasteiger partial charge in [-0.2, -0.15) is 0 Å². The molecule has 4 heteroatoms. The molecule has 1 saturated carbocycles. The van der Waals surface area contributed by atoms with Gasteiger partial charge in [-0.05, 0) is 31.9 Å². The molecule has 0 aromatic carbocycles. The van der Waals surface area contributed by atoms with Crippen molar-refractivity contribution in [2.75, 3.05) is 0 Å².